The first-order chi connectivity index (χ1) is 14.6. The molecule has 0 heterocycles. The Hall–Kier alpha value is -3.05. The standard InChI is InChI=1S/C25H28N2O2S/c1-19(15-17-29-24-9-5-8-22(18-24)27-25(26)30)14-16-28-23-12-10-21(11-13-23)20-6-3-2-4-7-20/h2-13,18-19H,14-17H2,1H3,(H3,26,27,30). The van der Waals surface area contributed by atoms with Gasteiger partial charge in [-0.15, -0.1) is 0 Å². The molecule has 0 aromatic heterocycles. The van der Waals surface area contributed by atoms with E-state index in [9.17, 15) is 0 Å². The van der Waals surface area contributed by atoms with E-state index in [0.29, 0.717) is 19.1 Å². The van der Waals surface area contributed by atoms with E-state index in [0.717, 1.165) is 30.0 Å². The third kappa shape index (κ3) is 7.08. The number of benzene rings is 3. The molecule has 0 saturated heterocycles. The molecule has 3 aromatic carbocycles. The van der Waals surface area contributed by atoms with Gasteiger partial charge in [-0.2, -0.15) is 0 Å². The van der Waals surface area contributed by atoms with Gasteiger partial charge >= 0.3 is 0 Å². The molecule has 0 saturated carbocycles. The maximum Gasteiger partial charge on any atom is 0.168 e. The van der Waals surface area contributed by atoms with E-state index in [4.69, 9.17) is 27.4 Å². The lowest BCUT2D eigenvalue weighted by molar-refractivity contribution is 0.245. The van der Waals surface area contributed by atoms with Crippen molar-refractivity contribution in [3.63, 3.8) is 0 Å². The van der Waals surface area contributed by atoms with Gasteiger partial charge in [0, 0.05) is 11.8 Å². The predicted molar refractivity (Wildman–Crippen MR) is 128 cm³/mol. The van der Waals surface area contributed by atoms with Crippen LogP contribution in [0.1, 0.15) is 19.8 Å². The zero-order valence-electron chi connectivity index (χ0n) is 17.2. The minimum absolute atomic E-state index is 0.246. The molecule has 4 nitrogen and oxygen atoms in total. The summed E-state index contributed by atoms with van der Waals surface area (Å²) in [6, 6.07) is 26.2. The summed E-state index contributed by atoms with van der Waals surface area (Å²) in [4.78, 5) is 0. The van der Waals surface area contributed by atoms with Gasteiger partial charge in [-0.05, 0) is 66.4 Å². The largest absolute Gasteiger partial charge is 0.494 e. The summed E-state index contributed by atoms with van der Waals surface area (Å²) in [6.45, 7) is 3.57. The van der Waals surface area contributed by atoms with E-state index >= 15 is 0 Å². The average molecular weight is 421 g/mol. The van der Waals surface area contributed by atoms with Crippen LogP contribution in [0.4, 0.5) is 5.69 Å². The van der Waals surface area contributed by atoms with Gasteiger partial charge < -0.3 is 20.5 Å². The first-order valence-electron chi connectivity index (χ1n) is 10.2. The van der Waals surface area contributed by atoms with Crippen LogP contribution in [-0.2, 0) is 0 Å². The number of hydrogen-bond acceptors (Lipinski definition) is 3. The van der Waals surface area contributed by atoms with Gasteiger partial charge in [0.25, 0.3) is 0 Å². The fraction of sp³-hybridized carbons (Fsp3) is 0.240. The quantitative estimate of drug-likeness (QED) is 0.401. The number of ether oxygens (including phenoxy) is 2. The molecule has 1 atom stereocenters. The maximum absolute atomic E-state index is 5.91. The molecule has 3 rings (SSSR count). The summed E-state index contributed by atoms with van der Waals surface area (Å²) < 4.78 is 11.8. The van der Waals surface area contributed by atoms with Crippen molar-refractivity contribution in [2.45, 2.75) is 19.8 Å². The van der Waals surface area contributed by atoms with E-state index in [2.05, 4.69) is 36.5 Å². The highest BCUT2D eigenvalue weighted by Gasteiger charge is 2.05. The van der Waals surface area contributed by atoms with E-state index in [-0.39, 0.29) is 5.11 Å². The minimum Gasteiger partial charge on any atom is -0.494 e. The summed E-state index contributed by atoms with van der Waals surface area (Å²) in [5, 5.41) is 3.16. The Labute approximate surface area is 184 Å². The number of thiocarbonyl (C=S) groups is 1. The molecule has 30 heavy (non-hydrogen) atoms. The molecular weight excluding hydrogens is 392 g/mol. The summed E-state index contributed by atoms with van der Waals surface area (Å²) in [7, 11) is 0. The van der Waals surface area contributed by atoms with Crippen molar-refractivity contribution < 1.29 is 9.47 Å². The molecule has 0 aliphatic carbocycles. The summed E-state index contributed by atoms with van der Waals surface area (Å²) in [5.41, 5.74) is 8.75. The lowest BCUT2D eigenvalue weighted by atomic mass is 10.1. The first-order valence-corrected chi connectivity index (χ1v) is 10.6. The van der Waals surface area contributed by atoms with Crippen molar-refractivity contribution in [3.8, 4) is 22.6 Å². The van der Waals surface area contributed by atoms with Crippen LogP contribution in [-0.4, -0.2) is 18.3 Å². The Bertz CT molecular complexity index is 929. The van der Waals surface area contributed by atoms with Crippen LogP contribution < -0.4 is 20.5 Å². The second-order valence-corrected chi connectivity index (χ2v) is 7.73. The van der Waals surface area contributed by atoms with Crippen molar-refractivity contribution in [1.29, 1.82) is 0 Å². The average Bonchev–Trinajstić information content (AvgIpc) is 2.75. The van der Waals surface area contributed by atoms with Crippen LogP contribution in [0.3, 0.4) is 0 Å². The first kappa shape index (κ1) is 21.7. The molecule has 0 aliphatic rings. The SMILES string of the molecule is CC(CCOc1ccc(-c2ccccc2)cc1)CCOc1cccc(NC(N)=S)c1. The Morgan fingerprint density at radius 3 is 2.13 bits per heavy atom. The second-order valence-electron chi connectivity index (χ2n) is 7.29. The van der Waals surface area contributed by atoms with Crippen LogP contribution in [0.15, 0.2) is 78.9 Å². The van der Waals surface area contributed by atoms with Crippen LogP contribution in [0.2, 0.25) is 0 Å². The molecular formula is C25H28N2O2S. The van der Waals surface area contributed by atoms with E-state index in [1.165, 1.54) is 11.1 Å². The number of anilines is 1. The lowest BCUT2D eigenvalue weighted by Crippen LogP contribution is -2.18. The highest BCUT2D eigenvalue weighted by atomic mass is 32.1. The molecule has 0 amide bonds. The van der Waals surface area contributed by atoms with E-state index < -0.39 is 0 Å². The molecule has 3 aromatic rings. The Morgan fingerprint density at radius 2 is 1.47 bits per heavy atom. The fourth-order valence-corrected chi connectivity index (χ4v) is 3.20. The monoisotopic (exact) mass is 420 g/mol. The van der Waals surface area contributed by atoms with Crippen molar-refractivity contribution >= 4 is 23.0 Å². The van der Waals surface area contributed by atoms with Crippen LogP contribution in [0.5, 0.6) is 11.5 Å². The van der Waals surface area contributed by atoms with Crippen molar-refractivity contribution in [3.05, 3.63) is 78.9 Å². The summed E-state index contributed by atoms with van der Waals surface area (Å²) in [6.07, 6.45) is 1.94. The zero-order chi connectivity index (χ0) is 21.2. The van der Waals surface area contributed by atoms with Crippen LogP contribution in [0, 0.1) is 5.92 Å². The fourth-order valence-electron chi connectivity index (χ4n) is 3.08. The molecule has 0 fully saturated rings. The third-order valence-corrected chi connectivity index (χ3v) is 4.92. The molecule has 0 bridgehead atoms. The lowest BCUT2D eigenvalue weighted by Gasteiger charge is -2.14. The Balaban J connectivity index is 1.36. The molecule has 3 N–H and O–H groups in total. The number of nitrogens with one attached hydrogen (secondary N) is 1. The highest BCUT2D eigenvalue weighted by molar-refractivity contribution is 7.80. The van der Waals surface area contributed by atoms with Gasteiger partial charge in [0.1, 0.15) is 11.5 Å². The van der Waals surface area contributed by atoms with Gasteiger partial charge in [-0.1, -0.05) is 55.5 Å². The molecule has 1 unspecified atom stereocenters. The number of rotatable bonds is 10. The van der Waals surface area contributed by atoms with Crippen molar-refractivity contribution in [1.82, 2.24) is 0 Å². The number of hydrogen-bond donors (Lipinski definition) is 2. The maximum atomic E-state index is 5.91. The second kappa shape index (κ2) is 11.2. The molecule has 0 radical (unpaired) electrons. The topological polar surface area (TPSA) is 56.5 Å². The summed E-state index contributed by atoms with van der Waals surface area (Å²) >= 11 is 4.86. The number of nitrogens with two attached hydrogens (primary N) is 1. The Morgan fingerprint density at radius 1 is 0.833 bits per heavy atom. The van der Waals surface area contributed by atoms with E-state index in [1.54, 1.807) is 0 Å². The molecule has 5 heteroatoms. The van der Waals surface area contributed by atoms with Crippen LogP contribution in [0.25, 0.3) is 11.1 Å². The predicted octanol–water partition coefficient (Wildman–Crippen LogP) is 5.88. The van der Waals surface area contributed by atoms with Gasteiger partial charge in [0.15, 0.2) is 5.11 Å². The molecule has 0 aliphatic heterocycles. The zero-order valence-corrected chi connectivity index (χ0v) is 18.0. The Kier molecular flexibility index (Phi) is 8.10. The van der Waals surface area contributed by atoms with Crippen LogP contribution >= 0.6 is 12.2 Å². The van der Waals surface area contributed by atoms with Crippen molar-refractivity contribution in [2.24, 2.45) is 11.7 Å². The third-order valence-electron chi connectivity index (χ3n) is 4.82. The summed E-state index contributed by atoms with van der Waals surface area (Å²) in [5.74, 6) is 2.21. The highest BCUT2D eigenvalue weighted by Crippen LogP contribution is 2.23. The van der Waals surface area contributed by atoms with E-state index in [1.807, 2.05) is 54.6 Å². The molecule has 156 valence electrons. The molecule has 0 spiro atoms. The normalized spacial score (nSPS) is 11.5. The van der Waals surface area contributed by atoms with Crippen molar-refractivity contribution in [2.75, 3.05) is 18.5 Å². The van der Waals surface area contributed by atoms with Gasteiger partial charge in [0.05, 0.1) is 13.2 Å². The van der Waals surface area contributed by atoms with Gasteiger partial charge in [0.2, 0.25) is 0 Å². The van der Waals surface area contributed by atoms with Gasteiger partial charge in [-0.25, -0.2) is 0 Å². The minimum atomic E-state index is 0.246. The van der Waals surface area contributed by atoms with Gasteiger partial charge in [-0.3, -0.25) is 0 Å². The smallest absolute Gasteiger partial charge is 0.168 e.